The molecule has 0 saturated carbocycles. The van der Waals surface area contributed by atoms with Crippen molar-refractivity contribution in [2.45, 2.75) is 19.6 Å². The number of methoxy groups -OCH3 is 2. The van der Waals surface area contributed by atoms with E-state index >= 15 is 0 Å². The first-order valence-corrected chi connectivity index (χ1v) is 6.52. The predicted octanol–water partition coefficient (Wildman–Crippen LogP) is 2.60. The van der Waals surface area contributed by atoms with E-state index in [-0.39, 0.29) is 0 Å². The molecule has 0 saturated heterocycles. The Labute approximate surface area is 122 Å². The van der Waals surface area contributed by atoms with E-state index in [9.17, 15) is 5.11 Å². The molecule has 2 rings (SSSR count). The minimum atomic E-state index is -0.704. The van der Waals surface area contributed by atoms with E-state index in [1.54, 1.807) is 43.3 Å². The molecule has 2 aromatic rings. The van der Waals surface area contributed by atoms with E-state index < -0.39 is 6.10 Å². The number of aromatic nitrogens is 2. The summed E-state index contributed by atoms with van der Waals surface area (Å²) in [5.74, 6) is 1.21. The first kappa shape index (κ1) is 14.7. The molecule has 0 aliphatic carbocycles. The van der Waals surface area contributed by atoms with Gasteiger partial charge in [0.05, 0.1) is 43.8 Å². The maximum Gasteiger partial charge on any atom is 0.161 e. The normalized spacial score (nSPS) is 12.2. The number of halogens is 1. The van der Waals surface area contributed by atoms with Gasteiger partial charge < -0.3 is 14.6 Å². The molecule has 108 valence electrons. The standard InChI is InChI=1S/C14H17ClN2O3/c1-9-11(15)7-16-17(9)8-12(18)10-4-5-13(19-2)14(6-10)20-3/h4-7,12,18H,8H2,1-3H3. The largest absolute Gasteiger partial charge is 0.493 e. The summed E-state index contributed by atoms with van der Waals surface area (Å²) in [5.41, 5.74) is 1.56. The van der Waals surface area contributed by atoms with Crippen molar-refractivity contribution in [3.8, 4) is 11.5 Å². The monoisotopic (exact) mass is 296 g/mol. The van der Waals surface area contributed by atoms with Crippen LogP contribution in [-0.4, -0.2) is 29.1 Å². The number of nitrogens with zero attached hydrogens (tertiary/aromatic N) is 2. The molecule has 0 aliphatic heterocycles. The number of rotatable bonds is 5. The van der Waals surface area contributed by atoms with E-state index in [0.717, 1.165) is 11.3 Å². The molecule has 1 aromatic carbocycles. The Hall–Kier alpha value is -1.72. The van der Waals surface area contributed by atoms with Gasteiger partial charge in [-0.05, 0) is 24.6 Å². The highest BCUT2D eigenvalue weighted by Gasteiger charge is 2.14. The molecule has 0 bridgehead atoms. The van der Waals surface area contributed by atoms with Gasteiger partial charge in [0.25, 0.3) is 0 Å². The Morgan fingerprint density at radius 3 is 2.55 bits per heavy atom. The summed E-state index contributed by atoms with van der Waals surface area (Å²) in [7, 11) is 3.13. The average Bonchev–Trinajstić information content (AvgIpc) is 2.78. The summed E-state index contributed by atoms with van der Waals surface area (Å²) in [6, 6.07) is 5.32. The Morgan fingerprint density at radius 1 is 1.30 bits per heavy atom. The molecule has 0 radical (unpaired) electrons. The van der Waals surface area contributed by atoms with Crippen LogP contribution in [0.25, 0.3) is 0 Å². The van der Waals surface area contributed by atoms with Gasteiger partial charge in [0.1, 0.15) is 0 Å². The third-order valence-corrected chi connectivity index (χ3v) is 3.55. The lowest BCUT2D eigenvalue weighted by molar-refractivity contribution is 0.150. The van der Waals surface area contributed by atoms with Gasteiger partial charge in [-0.1, -0.05) is 17.7 Å². The van der Waals surface area contributed by atoms with Crippen LogP contribution in [0.4, 0.5) is 0 Å². The van der Waals surface area contributed by atoms with Crippen LogP contribution in [0.2, 0.25) is 5.02 Å². The zero-order valence-corrected chi connectivity index (χ0v) is 12.4. The highest BCUT2D eigenvalue weighted by atomic mass is 35.5. The van der Waals surface area contributed by atoms with E-state index in [1.807, 2.05) is 6.92 Å². The molecule has 1 heterocycles. The summed E-state index contributed by atoms with van der Waals surface area (Å²) < 4.78 is 12.1. The summed E-state index contributed by atoms with van der Waals surface area (Å²) in [6.07, 6.45) is 0.863. The van der Waals surface area contributed by atoms with Crippen molar-refractivity contribution in [1.29, 1.82) is 0 Å². The molecule has 0 amide bonds. The van der Waals surface area contributed by atoms with Gasteiger partial charge in [0, 0.05) is 0 Å². The molecule has 1 unspecified atom stereocenters. The van der Waals surface area contributed by atoms with Crippen LogP contribution >= 0.6 is 11.6 Å². The Kier molecular flexibility index (Phi) is 4.52. The lowest BCUT2D eigenvalue weighted by atomic mass is 10.1. The second-order valence-electron chi connectivity index (χ2n) is 4.39. The van der Waals surface area contributed by atoms with Gasteiger partial charge >= 0.3 is 0 Å². The third-order valence-electron chi connectivity index (χ3n) is 3.18. The molecular weight excluding hydrogens is 280 g/mol. The van der Waals surface area contributed by atoms with Gasteiger partial charge in [-0.3, -0.25) is 4.68 Å². The molecule has 1 aromatic heterocycles. The van der Waals surface area contributed by atoms with Gasteiger partial charge in [-0.15, -0.1) is 0 Å². The van der Waals surface area contributed by atoms with Gasteiger partial charge in [0.2, 0.25) is 0 Å². The number of hydrogen-bond acceptors (Lipinski definition) is 4. The molecule has 1 atom stereocenters. The lowest BCUT2D eigenvalue weighted by Crippen LogP contribution is -2.11. The number of hydrogen-bond donors (Lipinski definition) is 1. The van der Waals surface area contributed by atoms with Crippen molar-refractivity contribution in [3.05, 3.63) is 40.7 Å². The van der Waals surface area contributed by atoms with E-state index in [0.29, 0.717) is 23.1 Å². The summed E-state index contributed by atoms with van der Waals surface area (Å²) >= 11 is 5.94. The molecule has 0 aliphatic rings. The zero-order valence-electron chi connectivity index (χ0n) is 11.6. The van der Waals surface area contributed by atoms with Crippen LogP contribution in [0.5, 0.6) is 11.5 Å². The quantitative estimate of drug-likeness (QED) is 0.921. The smallest absolute Gasteiger partial charge is 0.161 e. The highest BCUT2D eigenvalue weighted by molar-refractivity contribution is 6.31. The van der Waals surface area contributed by atoms with E-state index in [2.05, 4.69) is 5.10 Å². The molecule has 5 nitrogen and oxygen atoms in total. The predicted molar refractivity (Wildman–Crippen MR) is 76.5 cm³/mol. The van der Waals surface area contributed by atoms with Crippen LogP contribution in [0.1, 0.15) is 17.4 Å². The van der Waals surface area contributed by atoms with Gasteiger partial charge in [-0.2, -0.15) is 5.10 Å². The van der Waals surface area contributed by atoms with Crippen molar-refractivity contribution in [2.24, 2.45) is 0 Å². The summed E-state index contributed by atoms with van der Waals surface area (Å²) in [5, 5.41) is 15.0. The Balaban J connectivity index is 2.21. The van der Waals surface area contributed by atoms with Crippen molar-refractivity contribution < 1.29 is 14.6 Å². The van der Waals surface area contributed by atoms with E-state index in [1.165, 1.54) is 0 Å². The van der Waals surface area contributed by atoms with Crippen molar-refractivity contribution >= 4 is 11.6 Å². The fourth-order valence-corrected chi connectivity index (χ4v) is 2.08. The molecule has 20 heavy (non-hydrogen) atoms. The van der Waals surface area contributed by atoms with Crippen LogP contribution < -0.4 is 9.47 Å². The van der Waals surface area contributed by atoms with Gasteiger partial charge in [-0.25, -0.2) is 0 Å². The molecular formula is C14H17ClN2O3. The van der Waals surface area contributed by atoms with Crippen LogP contribution in [0, 0.1) is 6.92 Å². The second kappa shape index (κ2) is 6.15. The Bertz CT molecular complexity index is 598. The highest BCUT2D eigenvalue weighted by Crippen LogP contribution is 2.30. The number of aliphatic hydroxyl groups excluding tert-OH is 1. The fourth-order valence-electron chi connectivity index (χ4n) is 1.94. The molecule has 0 fully saturated rings. The first-order chi connectivity index (χ1) is 9.56. The van der Waals surface area contributed by atoms with Crippen LogP contribution in [0.15, 0.2) is 24.4 Å². The van der Waals surface area contributed by atoms with Crippen LogP contribution in [-0.2, 0) is 6.54 Å². The topological polar surface area (TPSA) is 56.5 Å². The maximum atomic E-state index is 10.3. The zero-order chi connectivity index (χ0) is 14.7. The first-order valence-electron chi connectivity index (χ1n) is 6.14. The fraction of sp³-hybridized carbons (Fsp3) is 0.357. The molecule has 1 N–H and O–H groups in total. The minimum absolute atomic E-state index is 0.327. The van der Waals surface area contributed by atoms with Gasteiger partial charge in [0.15, 0.2) is 11.5 Å². The summed E-state index contributed by atoms with van der Waals surface area (Å²) in [4.78, 5) is 0. The lowest BCUT2D eigenvalue weighted by Gasteiger charge is -2.15. The maximum absolute atomic E-state index is 10.3. The van der Waals surface area contributed by atoms with Crippen LogP contribution in [0.3, 0.4) is 0 Å². The minimum Gasteiger partial charge on any atom is -0.493 e. The SMILES string of the molecule is COc1ccc(C(O)Cn2ncc(Cl)c2C)cc1OC. The molecule has 0 spiro atoms. The van der Waals surface area contributed by atoms with Crippen molar-refractivity contribution in [2.75, 3.05) is 14.2 Å². The summed E-state index contributed by atoms with van der Waals surface area (Å²) in [6.45, 7) is 2.19. The van der Waals surface area contributed by atoms with Crippen molar-refractivity contribution in [3.63, 3.8) is 0 Å². The number of benzene rings is 1. The Morgan fingerprint density at radius 2 is 2.00 bits per heavy atom. The third kappa shape index (κ3) is 2.89. The second-order valence-corrected chi connectivity index (χ2v) is 4.80. The number of ether oxygens (including phenoxy) is 2. The average molecular weight is 297 g/mol. The van der Waals surface area contributed by atoms with Crippen molar-refractivity contribution in [1.82, 2.24) is 9.78 Å². The molecule has 6 heteroatoms. The van der Waals surface area contributed by atoms with E-state index in [4.69, 9.17) is 21.1 Å². The number of aliphatic hydroxyl groups is 1.